The Balaban J connectivity index is 1.39. The number of nitrogens with one attached hydrogen (secondary N) is 1. The summed E-state index contributed by atoms with van der Waals surface area (Å²) in [6, 6.07) is 25.8. The van der Waals surface area contributed by atoms with Crippen molar-refractivity contribution in [3.05, 3.63) is 107 Å². The molecule has 0 aliphatic rings. The largest absolute Gasteiger partial charge is 0.423 e. The normalized spacial score (nSPS) is 11.5. The number of esters is 1. The van der Waals surface area contributed by atoms with E-state index in [-0.39, 0.29) is 4.90 Å². The SMILES string of the molecule is O=C(Oc1ccc(C=NNS(=O)(=O)c2ccc3ccccc3c2)cc1)c1ccc(Br)cc1. The van der Waals surface area contributed by atoms with Crippen molar-refractivity contribution in [3.63, 3.8) is 0 Å². The first-order chi connectivity index (χ1) is 15.4. The lowest BCUT2D eigenvalue weighted by Gasteiger charge is -2.06. The summed E-state index contributed by atoms with van der Waals surface area (Å²) in [5, 5.41) is 5.62. The van der Waals surface area contributed by atoms with Crippen LogP contribution in [0.4, 0.5) is 0 Å². The topological polar surface area (TPSA) is 84.8 Å². The molecule has 8 heteroatoms. The number of hydrogen-bond acceptors (Lipinski definition) is 5. The van der Waals surface area contributed by atoms with Crippen LogP contribution in [0.1, 0.15) is 15.9 Å². The Bertz CT molecular complexity index is 1400. The van der Waals surface area contributed by atoms with E-state index in [1.165, 1.54) is 12.3 Å². The van der Waals surface area contributed by atoms with Crippen LogP contribution in [0.15, 0.2) is 105 Å². The van der Waals surface area contributed by atoms with Crippen molar-refractivity contribution < 1.29 is 17.9 Å². The highest BCUT2D eigenvalue weighted by molar-refractivity contribution is 9.10. The van der Waals surface area contributed by atoms with Gasteiger partial charge in [0.2, 0.25) is 0 Å². The number of fused-ring (bicyclic) bond motifs is 1. The van der Waals surface area contributed by atoms with Gasteiger partial charge in [-0.1, -0.05) is 46.3 Å². The number of ether oxygens (including phenoxy) is 1. The summed E-state index contributed by atoms with van der Waals surface area (Å²) >= 11 is 3.32. The Kier molecular flexibility index (Phi) is 6.34. The molecule has 4 rings (SSSR count). The van der Waals surface area contributed by atoms with Gasteiger partial charge >= 0.3 is 5.97 Å². The highest BCUT2D eigenvalue weighted by Gasteiger charge is 2.13. The summed E-state index contributed by atoms with van der Waals surface area (Å²) < 4.78 is 31.2. The van der Waals surface area contributed by atoms with Gasteiger partial charge in [-0.05, 0) is 77.0 Å². The van der Waals surface area contributed by atoms with Crippen LogP contribution in [-0.2, 0) is 10.0 Å². The first-order valence-corrected chi connectivity index (χ1v) is 11.8. The van der Waals surface area contributed by atoms with Crippen molar-refractivity contribution in [1.29, 1.82) is 0 Å². The first kappa shape index (κ1) is 21.7. The van der Waals surface area contributed by atoms with E-state index in [0.29, 0.717) is 16.9 Å². The number of carbonyl (C=O) groups is 1. The molecule has 160 valence electrons. The minimum atomic E-state index is -3.80. The lowest BCUT2D eigenvalue weighted by atomic mass is 10.1. The molecule has 4 aromatic carbocycles. The van der Waals surface area contributed by atoms with Crippen LogP contribution in [-0.4, -0.2) is 20.6 Å². The van der Waals surface area contributed by atoms with Crippen LogP contribution in [0.3, 0.4) is 0 Å². The monoisotopic (exact) mass is 508 g/mol. The van der Waals surface area contributed by atoms with E-state index in [9.17, 15) is 13.2 Å². The minimum absolute atomic E-state index is 0.128. The molecular formula is C24H17BrN2O4S. The van der Waals surface area contributed by atoms with Gasteiger partial charge in [-0.25, -0.2) is 9.63 Å². The fraction of sp³-hybridized carbons (Fsp3) is 0. The molecule has 0 spiro atoms. The van der Waals surface area contributed by atoms with Crippen molar-refractivity contribution in [2.24, 2.45) is 5.10 Å². The van der Waals surface area contributed by atoms with E-state index in [0.717, 1.165) is 15.2 Å². The number of rotatable bonds is 6. The number of halogens is 1. The Labute approximate surface area is 193 Å². The van der Waals surface area contributed by atoms with E-state index in [4.69, 9.17) is 4.74 Å². The fourth-order valence-electron chi connectivity index (χ4n) is 2.93. The number of carbonyl (C=O) groups excluding carboxylic acids is 1. The summed E-state index contributed by atoms with van der Waals surface area (Å²) in [7, 11) is -3.80. The zero-order valence-corrected chi connectivity index (χ0v) is 19.0. The standard InChI is InChI=1S/C24H17BrN2O4S/c25-21-10-7-19(8-11-21)24(28)31-22-12-5-17(6-13-22)16-26-27-32(29,30)23-14-9-18-3-1-2-4-20(18)15-23/h1-16,27H. The maximum Gasteiger partial charge on any atom is 0.343 e. The summed E-state index contributed by atoms with van der Waals surface area (Å²) in [6.45, 7) is 0. The van der Waals surface area contributed by atoms with Gasteiger partial charge < -0.3 is 4.74 Å². The van der Waals surface area contributed by atoms with Crippen LogP contribution in [0.2, 0.25) is 0 Å². The predicted molar refractivity (Wildman–Crippen MR) is 127 cm³/mol. The van der Waals surface area contributed by atoms with Gasteiger partial charge in [0, 0.05) is 4.47 Å². The molecule has 6 nitrogen and oxygen atoms in total. The third-order valence-electron chi connectivity index (χ3n) is 4.59. The number of nitrogens with zero attached hydrogens (tertiary/aromatic N) is 1. The molecule has 0 amide bonds. The second kappa shape index (κ2) is 9.33. The molecule has 0 aliphatic carbocycles. The number of benzene rings is 4. The average molecular weight is 509 g/mol. The summed E-state index contributed by atoms with van der Waals surface area (Å²) in [5.41, 5.74) is 1.07. The van der Waals surface area contributed by atoms with Crippen LogP contribution >= 0.6 is 15.9 Å². The molecule has 0 unspecified atom stereocenters. The Morgan fingerprint density at radius 3 is 2.28 bits per heavy atom. The molecule has 4 aromatic rings. The highest BCUT2D eigenvalue weighted by atomic mass is 79.9. The summed E-state index contributed by atoms with van der Waals surface area (Å²) in [4.78, 5) is 14.5. The third-order valence-corrected chi connectivity index (χ3v) is 6.34. The zero-order valence-electron chi connectivity index (χ0n) is 16.6. The van der Waals surface area contributed by atoms with Crippen molar-refractivity contribution in [1.82, 2.24) is 4.83 Å². The Hall–Kier alpha value is -3.49. The van der Waals surface area contributed by atoms with E-state index in [2.05, 4.69) is 25.9 Å². The van der Waals surface area contributed by atoms with Crippen molar-refractivity contribution in [3.8, 4) is 5.75 Å². The smallest absolute Gasteiger partial charge is 0.343 e. The molecule has 0 saturated heterocycles. The second-order valence-electron chi connectivity index (χ2n) is 6.83. The maximum absolute atomic E-state index is 12.5. The van der Waals surface area contributed by atoms with Crippen LogP contribution in [0, 0.1) is 0 Å². The van der Waals surface area contributed by atoms with Crippen molar-refractivity contribution >= 4 is 48.9 Å². The molecule has 0 aliphatic heterocycles. The predicted octanol–water partition coefficient (Wildman–Crippen LogP) is 5.13. The Morgan fingerprint density at radius 2 is 1.56 bits per heavy atom. The molecule has 1 N–H and O–H groups in total. The average Bonchev–Trinajstić information content (AvgIpc) is 2.80. The second-order valence-corrected chi connectivity index (χ2v) is 9.40. The lowest BCUT2D eigenvalue weighted by molar-refractivity contribution is 0.0734. The van der Waals surface area contributed by atoms with Crippen LogP contribution < -0.4 is 9.57 Å². The molecular weight excluding hydrogens is 492 g/mol. The molecule has 32 heavy (non-hydrogen) atoms. The molecule has 0 saturated carbocycles. The van der Waals surface area contributed by atoms with E-state index < -0.39 is 16.0 Å². The summed E-state index contributed by atoms with van der Waals surface area (Å²) in [5.74, 6) is -0.103. The highest BCUT2D eigenvalue weighted by Crippen LogP contribution is 2.19. The van der Waals surface area contributed by atoms with Gasteiger partial charge in [0.05, 0.1) is 16.7 Å². The number of hydrazone groups is 1. The third kappa shape index (κ3) is 5.22. The van der Waals surface area contributed by atoms with Gasteiger partial charge in [-0.2, -0.15) is 13.5 Å². The van der Waals surface area contributed by atoms with Gasteiger partial charge in [0.15, 0.2) is 0 Å². The first-order valence-electron chi connectivity index (χ1n) is 9.52. The van der Waals surface area contributed by atoms with E-state index in [1.54, 1.807) is 60.7 Å². The lowest BCUT2D eigenvalue weighted by Crippen LogP contribution is -2.18. The van der Waals surface area contributed by atoms with Crippen molar-refractivity contribution in [2.45, 2.75) is 4.90 Å². The molecule has 0 aromatic heterocycles. The van der Waals surface area contributed by atoms with Gasteiger partial charge in [-0.15, -0.1) is 0 Å². The summed E-state index contributed by atoms with van der Waals surface area (Å²) in [6.07, 6.45) is 1.37. The molecule has 0 heterocycles. The van der Waals surface area contributed by atoms with E-state index in [1.807, 2.05) is 24.3 Å². The van der Waals surface area contributed by atoms with Gasteiger partial charge in [0.25, 0.3) is 10.0 Å². The molecule has 0 bridgehead atoms. The number of sulfonamides is 1. The fourth-order valence-corrected chi connectivity index (χ4v) is 4.02. The number of hydrogen-bond donors (Lipinski definition) is 1. The quantitative estimate of drug-likeness (QED) is 0.169. The van der Waals surface area contributed by atoms with Crippen LogP contribution in [0.25, 0.3) is 10.8 Å². The zero-order chi connectivity index (χ0) is 22.6. The Morgan fingerprint density at radius 1 is 0.875 bits per heavy atom. The van der Waals surface area contributed by atoms with Gasteiger partial charge in [0.1, 0.15) is 5.75 Å². The van der Waals surface area contributed by atoms with Crippen molar-refractivity contribution in [2.75, 3.05) is 0 Å². The van der Waals surface area contributed by atoms with Gasteiger partial charge in [-0.3, -0.25) is 0 Å². The van der Waals surface area contributed by atoms with E-state index >= 15 is 0 Å². The molecule has 0 atom stereocenters. The molecule has 0 radical (unpaired) electrons. The van der Waals surface area contributed by atoms with Crippen LogP contribution in [0.5, 0.6) is 5.75 Å². The molecule has 0 fully saturated rings. The maximum atomic E-state index is 12.5. The minimum Gasteiger partial charge on any atom is -0.423 e.